The van der Waals surface area contributed by atoms with Crippen molar-refractivity contribution in [3.05, 3.63) is 57.1 Å². The van der Waals surface area contributed by atoms with Crippen LogP contribution in [0.1, 0.15) is 45.5 Å². The van der Waals surface area contributed by atoms with Crippen molar-refractivity contribution in [3.8, 4) is 0 Å². The zero-order valence-corrected chi connectivity index (χ0v) is 16.8. The molecule has 0 spiro atoms. The van der Waals surface area contributed by atoms with Gasteiger partial charge in [0.25, 0.3) is 5.91 Å². The van der Waals surface area contributed by atoms with Crippen LogP contribution in [0.3, 0.4) is 0 Å². The van der Waals surface area contributed by atoms with Crippen LogP contribution in [0.2, 0.25) is 5.02 Å². The zero-order valence-electron chi connectivity index (χ0n) is 15.2. The van der Waals surface area contributed by atoms with E-state index in [1.165, 1.54) is 34.4 Å². The number of hydrogen-bond acceptors (Lipinski definition) is 3. The highest BCUT2D eigenvalue weighted by atomic mass is 35.5. The molecule has 2 amide bonds. The second-order valence-electron chi connectivity index (χ2n) is 7.60. The van der Waals surface area contributed by atoms with E-state index in [2.05, 4.69) is 15.7 Å². The van der Waals surface area contributed by atoms with Crippen molar-refractivity contribution in [1.29, 1.82) is 0 Å². The molecule has 2 aromatic rings. The maximum absolute atomic E-state index is 13.3. The highest BCUT2D eigenvalue weighted by molar-refractivity contribution is 7.95. The summed E-state index contributed by atoms with van der Waals surface area (Å²) >= 11 is 6.01. The fourth-order valence-corrected chi connectivity index (χ4v) is 6.76. The number of fused-ring (bicyclic) bond motifs is 3. The lowest BCUT2D eigenvalue weighted by molar-refractivity contribution is -0.113. The van der Waals surface area contributed by atoms with E-state index < -0.39 is 15.6 Å². The molecule has 0 radical (unpaired) electrons. The van der Waals surface area contributed by atoms with Crippen molar-refractivity contribution in [1.82, 2.24) is 0 Å². The molecule has 2 aliphatic carbocycles. The quantitative estimate of drug-likeness (QED) is 0.826. The summed E-state index contributed by atoms with van der Waals surface area (Å²) in [6.07, 6.45) is 6.17. The number of rotatable bonds is 3. The first-order chi connectivity index (χ1) is 13.4. The Kier molecular flexibility index (Phi) is 4.10. The molecule has 2 aromatic carbocycles. The maximum Gasteiger partial charge on any atom is 0.286 e. The van der Waals surface area contributed by atoms with Crippen LogP contribution in [-0.2, 0) is 40.2 Å². The third kappa shape index (κ3) is 2.78. The molecule has 1 aliphatic heterocycles. The number of anilines is 1. The Morgan fingerprint density at radius 3 is 2.43 bits per heavy atom. The van der Waals surface area contributed by atoms with Gasteiger partial charge < -0.3 is 5.32 Å². The smallest absolute Gasteiger partial charge is 0.286 e. The number of nitrogens with one attached hydrogen (secondary N) is 1. The fourth-order valence-electron chi connectivity index (χ4n) is 4.60. The normalized spacial score (nSPS) is 21.8. The van der Waals surface area contributed by atoms with Gasteiger partial charge >= 0.3 is 0 Å². The van der Waals surface area contributed by atoms with Crippen molar-refractivity contribution in [2.75, 3.05) is 11.1 Å². The largest absolute Gasteiger partial charge is 0.325 e. The van der Waals surface area contributed by atoms with Gasteiger partial charge in [0, 0.05) is 10.7 Å². The number of nitrogens with zero attached hydrogens (tertiary/aromatic N) is 1. The molecule has 3 aliphatic rings. The summed E-state index contributed by atoms with van der Waals surface area (Å²) in [6.45, 7) is 0. The van der Waals surface area contributed by atoms with Crippen molar-refractivity contribution < 1.29 is 13.8 Å². The summed E-state index contributed by atoms with van der Waals surface area (Å²) in [5, 5.41) is 3.40. The van der Waals surface area contributed by atoms with E-state index >= 15 is 0 Å². The predicted octanol–water partition coefficient (Wildman–Crippen LogP) is 3.94. The minimum Gasteiger partial charge on any atom is -0.325 e. The van der Waals surface area contributed by atoms with Crippen molar-refractivity contribution >= 4 is 38.8 Å². The Balaban J connectivity index is 1.48. The van der Waals surface area contributed by atoms with E-state index in [0.717, 1.165) is 44.2 Å². The summed E-state index contributed by atoms with van der Waals surface area (Å²) in [5.74, 6) is -1.26. The fraction of sp³-hybridized carbons (Fsp3) is 0.333. The van der Waals surface area contributed by atoms with Crippen LogP contribution in [0.15, 0.2) is 33.5 Å². The van der Waals surface area contributed by atoms with Gasteiger partial charge in [-0.1, -0.05) is 17.7 Å². The van der Waals surface area contributed by atoms with E-state index in [1.54, 1.807) is 6.07 Å². The lowest BCUT2D eigenvalue weighted by atomic mass is 9.98. The van der Waals surface area contributed by atoms with E-state index in [-0.39, 0.29) is 22.1 Å². The summed E-state index contributed by atoms with van der Waals surface area (Å²) in [5.41, 5.74) is 6.24. The Morgan fingerprint density at radius 1 is 1.07 bits per heavy atom. The molecule has 5 rings (SSSR count). The van der Waals surface area contributed by atoms with E-state index in [1.807, 2.05) is 0 Å². The van der Waals surface area contributed by atoms with Gasteiger partial charge in [-0.2, -0.15) is 4.36 Å². The molecule has 1 heterocycles. The average Bonchev–Trinajstić information content (AvgIpc) is 3.34. The van der Waals surface area contributed by atoms with Crippen molar-refractivity contribution in [3.63, 3.8) is 0 Å². The molecule has 0 fully saturated rings. The monoisotopic (exact) mass is 414 g/mol. The molecular formula is C21H19ClN2O3S. The molecule has 144 valence electrons. The molecule has 28 heavy (non-hydrogen) atoms. The van der Waals surface area contributed by atoms with Crippen molar-refractivity contribution in [2.24, 2.45) is 4.36 Å². The average molecular weight is 415 g/mol. The lowest BCUT2D eigenvalue weighted by Gasteiger charge is -2.16. The predicted molar refractivity (Wildman–Crippen MR) is 109 cm³/mol. The molecular weight excluding hydrogens is 396 g/mol. The number of carbonyl (C=O) groups excluding carboxylic acids is 2. The summed E-state index contributed by atoms with van der Waals surface area (Å²) in [6, 6.07) is 6.86. The number of benzene rings is 2. The number of halogens is 1. The molecule has 0 aromatic heterocycles. The van der Waals surface area contributed by atoms with Gasteiger partial charge in [-0.15, -0.1) is 0 Å². The van der Waals surface area contributed by atoms with Crippen LogP contribution in [-0.4, -0.2) is 21.8 Å². The van der Waals surface area contributed by atoms with Gasteiger partial charge in [-0.25, -0.2) is 4.21 Å². The third-order valence-electron chi connectivity index (χ3n) is 5.81. The van der Waals surface area contributed by atoms with Gasteiger partial charge in [-0.3, -0.25) is 9.59 Å². The topological polar surface area (TPSA) is 75.6 Å². The Morgan fingerprint density at radius 2 is 1.75 bits per heavy atom. The maximum atomic E-state index is 13.3. The molecule has 1 atom stereocenters. The lowest BCUT2D eigenvalue weighted by Crippen LogP contribution is -2.23. The molecule has 1 N–H and O–H groups in total. The number of aryl methyl sites for hydroxylation is 2. The van der Waals surface area contributed by atoms with E-state index in [9.17, 15) is 13.8 Å². The van der Waals surface area contributed by atoms with Crippen LogP contribution < -0.4 is 5.32 Å². The van der Waals surface area contributed by atoms with Crippen LogP contribution in [0, 0.1) is 0 Å². The standard InChI is InChI=1S/C21H19ClN2O3S/c22-14-7-8-17-18(10-14)28(27,24-21(17)26)11-19(25)23-20-15-5-1-3-12(15)9-13-4-2-6-16(13)20/h7-10H,1-6,11H2,(H,23,25). The molecule has 1 unspecified atom stereocenters. The van der Waals surface area contributed by atoms with Crippen LogP contribution >= 0.6 is 11.6 Å². The molecule has 0 bridgehead atoms. The number of hydrogen-bond donors (Lipinski definition) is 1. The number of carbonyl (C=O) groups is 2. The van der Waals surface area contributed by atoms with E-state index in [4.69, 9.17) is 11.6 Å². The zero-order chi connectivity index (χ0) is 19.5. The van der Waals surface area contributed by atoms with Crippen LogP contribution in [0.25, 0.3) is 0 Å². The second kappa shape index (κ2) is 6.42. The highest BCUT2D eigenvalue weighted by Gasteiger charge is 2.32. The highest BCUT2D eigenvalue weighted by Crippen LogP contribution is 2.39. The summed E-state index contributed by atoms with van der Waals surface area (Å²) in [7, 11) is -3.15. The molecule has 7 heteroatoms. The van der Waals surface area contributed by atoms with Gasteiger partial charge in [0.1, 0.15) is 5.75 Å². The Hall–Kier alpha value is -2.18. The molecule has 5 nitrogen and oxygen atoms in total. The van der Waals surface area contributed by atoms with Crippen molar-refractivity contribution in [2.45, 2.75) is 43.4 Å². The second-order valence-corrected chi connectivity index (χ2v) is 10.2. The van der Waals surface area contributed by atoms with Gasteiger partial charge in [0.05, 0.1) is 20.2 Å². The first-order valence-electron chi connectivity index (χ1n) is 9.50. The summed E-state index contributed by atoms with van der Waals surface area (Å²) in [4.78, 5) is 25.3. The van der Waals surface area contributed by atoms with Gasteiger partial charge in [-0.05, 0) is 79.0 Å². The van der Waals surface area contributed by atoms with Crippen LogP contribution in [0.4, 0.5) is 5.69 Å². The number of amides is 2. The first-order valence-corrected chi connectivity index (χ1v) is 11.6. The first kappa shape index (κ1) is 17.9. The third-order valence-corrected chi connectivity index (χ3v) is 8.19. The minimum atomic E-state index is -3.15. The SMILES string of the molecule is O=C(CS1(=O)=NC(=O)c2ccc(Cl)cc21)Nc1c2c(cc3c1CCC3)CCC2. The van der Waals surface area contributed by atoms with Crippen LogP contribution in [0.5, 0.6) is 0 Å². The molecule has 0 saturated carbocycles. The van der Waals surface area contributed by atoms with Gasteiger partial charge in [0.2, 0.25) is 5.91 Å². The molecule has 0 saturated heterocycles. The van der Waals surface area contributed by atoms with Gasteiger partial charge in [0.15, 0.2) is 0 Å². The Bertz CT molecular complexity index is 1150. The Labute approximate surface area is 168 Å². The summed E-state index contributed by atoms with van der Waals surface area (Å²) < 4.78 is 17.2. The van der Waals surface area contributed by atoms with E-state index in [0.29, 0.717) is 5.02 Å². The minimum absolute atomic E-state index is 0.267.